The minimum Gasteiger partial charge on any atom is -0.439 e. The summed E-state index contributed by atoms with van der Waals surface area (Å²) < 4.78 is 5.84. The van der Waals surface area contributed by atoms with Crippen molar-refractivity contribution in [3.8, 4) is 11.6 Å². The van der Waals surface area contributed by atoms with Gasteiger partial charge in [0.15, 0.2) is 0 Å². The molecule has 0 spiro atoms. The van der Waals surface area contributed by atoms with Gasteiger partial charge in [-0.2, -0.15) is 4.98 Å². The highest BCUT2D eigenvalue weighted by molar-refractivity contribution is 6.13. The second-order valence-electron chi connectivity index (χ2n) is 6.58. The molecule has 0 atom stereocenters. The first-order valence-electron chi connectivity index (χ1n) is 9.22. The number of rotatable bonds is 5. The number of carbonyl (C=O) groups excluding carboxylic acids is 1. The zero-order valence-corrected chi connectivity index (χ0v) is 16.1. The Kier molecular flexibility index (Phi) is 5.07. The summed E-state index contributed by atoms with van der Waals surface area (Å²) in [6, 6.07) is 20.6. The largest absolute Gasteiger partial charge is 0.439 e. The Morgan fingerprint density at radius 2 is 1.83 bits per heavy atom. The van der Waals surface area contributed by atoms with Crippen molar-refractivity contribution in [1.82, 2.24) is 9.97 Å². The number of nitrogens with zero attached hydrogens (tertiary/aromatic N) is 2. The molecule has 0 aliphatic carbocycles. The molecule has 3 aromatic carbocycles. The highest BCUT2D eigenvalue weighted by atomic mass is 16.5. The number of aromatic nitrogens is 2. The van der Waals surface area contributed by atoms with Gasteiger partial charge in [-0.15, -0.1) is 0 Å². The van der Waals surface area contributed by atoms with Gasteiger partial charge in [0.05, 0.1) is 0 Å². The maximum Gasteiger partial charge on any atom is 0.256 e. The van der Waals surface area contributed by atoms with Crippen LogP contribution in [0.2, 0.25) is 0 Å². The molecule has 0 saturated heterocycles. The highest BCUT2D eigenvalue weighted by Gasteiger charge is 2.11. The summed E-state index contributed by atoms with van der Waals surface area (Å²) in [5.41, 5.74) is 2.52. The van der Waals surface area contributed by atoms with Crippen molar-refractivity contribution in [2.45, 2.75) is 6.92 Å². The standard InChI is InChI=1S/C23H20N4O2/c1-15-6-8-17(9-7-15)26-22(28)20-5-3-4-16-14-18(10-11-19(16)20)29-21-12-13-25-23(24-2)27-21/h3-14H,1-2H3,(H,26,28)(H,24,25,27). The van der Waals surface area contributed by atoms with Crippen LogP contribution in [0, 0.1) is 6.92 Å². The summed E-state index contributed by atoms with van der Waals surface area (Å²) >= 11 is 0. The van der Waals surface area contributed by atoms with E-state index >= 15 is 0 Å². The van der Waals surface area contributed by atoms with E-state index in [0.29, 0.717) is 23.1 Å². The van der Waals surface area contributed by atoms with Crippen molar-refractivity contribution >= 4 is 28.3 Å². The van der Waals surface area contributed by atoms with Gasteiger partial charge in [0, 0.05) is 30.6 Å². The molecule has 0 radical (unpaired) electrons. The van der Waals surface area contributed by atoms with E-state index in [1.807, 2.05) is 67.6 Å². The van der Waals surface area contributed by atoms with Crippen molar-refractivity contribution in [3.05, 3.63) is 84.1 Å². The molecule has 0 aliphatic heterocycles. The van der Waals surface area contributed by atoms with Crippen LogP contribution in [0.25, 0.3) is 10.8 Å². The molecule has 0 bridgehead atoms. The topological polar surface area (TPSA) is 76.1 Å². The number of anilines is 2. The molecule has 6 heteroatoms. The summed E-state index contributed by atoms with van der Waals surface area (Å²) in [7, 11) is 1.75. The molecular weight excluding hydrogens is 364 g/mol. The van der Waals surface area contributed by atoms with Crippen LogP contribution in [0.15, 0.2) is 72.9 Å². The molecule has 29 heavy (non-hydrogen) atoms. The van der Waals surface area contributed by atoms with Crippen molar-refractivity contribution in [2.24, 2.45) is 0 Å². The summed E-state index contributed by atoms with van der Waals surface area (Å²) in [5.74, 6) is 1.41. The van der Waals surface area contributed by atoms with Crippen LogP contribution in [-0.2, 0) is 0 Å². The lowest BCUT2D eigenvalue weighted by molar-refractivity contribution is 0.102. The number of fused-ring (bicyclic) bond motifs is 1. The monoisotopic (exact) mass is 384 g/mol. The van der Waals surface area contributed by atoms with Gasteiger partial charge < -0.3 is 15.4 Å². The van der Waals surface area contributed by atoms with Crippen LogP contribution in [0.1, 0.15) is 15.9 Å². The summed E-state index contributed by atoms with van der Waals surface area (Å²) in [6.07, 6.45) is 1.63. The maximum atomic E-state index is 12.8. The highest BCUT2D eigenvalue weighted by Crippen LogP contribution is 2.27. The molecule has 2 N–H and O–H groups in total. The maximum absolute atomic E-state index is 12.8. The predicted molar refractivity (Wildman–Crippen MR) is 115 cm³/mol. The lowest BCUT2D eigenvalue weighted by Gasteiger charge is -2.10. The molecule has 0 saturated carbocycles. The first-order valence-corrected chi connectivity index (χ1v) is 9.22. The van der Waals surface area contributed by atoms with Gasteiger partial charge in [0.25, 0.3) is 5.91 Å². The fourth-order valence-corrected chi connectivity index (χ4v) is 3.00. The Balaban J connectivity index is 1.60. The lowest BCUT2D eigenvalue weighted by atomic mass is 10.0. The van der Waals surface area contributed by atoms with Gasteiger partial charge >= 0.3 is 0 Å². The molecule has 6 nitrogen and oxygen atoms in total. The molecule has 4 rings (SSSR count). The van der Waals surface area contributed by atoms with Gasteiger partial charge in [-0.3, -0.25) is 4.79 Å². The molecule has 1 amide bonds. The van der Waals surface area contributed by atoms with E-state index in [-0.39, 0.29) is 5.91 Å². The van der Waals surface area contributed by atoms with Gasteiger partial charge in [-0.05, 0) is 54.1 Å². The third-order valence-electron chi connectivity index (χ3n) is 4.48. The summed E-state index contributed by atoms with van der Waals surface area (Å²) in [6.45, 7) is 2.01. The normalized spacial score (nSPS) is 10.6. The zero-order valence-electron chi connectivity index (χ0n) is 16.1. The average molecular weight is 384 g/mol. The number of amides is 1. The number of aryl methyl sites for hydroxylation is 1. The Bertz CT molecular complexity index is 1170. The van der Waals surface area contributed by atoms with E-state index in [4.69, 9.17) is 4.74 Å². The number of hydrogen-bond donors (Lipinski definition) is 2. The van der Waals surface area contributed by atoms with Crippen molar-refractivity contribution in [1.29, 1.82) is 0 Å². The molecular formula is C23H20N4O2. The quantitative estimate of drug-likeness (QED) is 0.505. The van der Waals surface area contributed by atoms with E-state index in [9.17, 15) is 4.79 Å². The van der Waals surface area contributed by atoms with Crippen LogP contribution < -0.4 is 15.4 Å². The molecule has 1 aromatic heterocycles. The van der Waals surface area contributed by atoms with E-state index in [2.05, 4.69) is 20.6 Å². The van der Waals surface area contributed by atoms with E-state index < -0.39 is 0 Å². The number of carbonyl (C=O) groups is 1. The van der Waals surface area contributed by atoms with Gasteiger partial charge in [-0.1, -0.05) is 29.8 Å². The number of benzene rings is 3. The molecule has 1 heterocycles. The van der Waals surface area contributed by atoms with Crippen LogP contribution in [0.5, 0.6) is 11.6 Å². The minimum atomic E-state index is -0.150. The Hall–Kier alpha value is -3.93. The van der Waals surface area contributed by atoms with Crippen LogP contribution in [0.4, 0.5) is 11.6 Å². The Labute approximate surface area is 168 Å². The van der Waals surface area contributed by atoms with E-state index in [1.165, 1.54) is 0 Å². The van der Waals surface area contributed by atoms with Crippen LogP contribution in [-0.4, -0.2) is 22.9 Å². The fourth-order valence-electron chi connectivity index (χ4n) is 3.00. The van der Waals surface area contributed by atoms with E-state index in [0.717, 1.165) is 22.0 Å². The fraction of sp³-hybridized carbons (Fsp3) is 0.0870. The Morgan fingerprint density at radius 1 is 1.00 bits per heavy atom. The minimum absolute atomic E-state index is 0.150. The molecule has 0 unspecified atom stereocenters. The zero-order chi connectivity index (χ0) is 20.2. The van der Waals surface area contributed by atoms with Gasteiger partial charge in [0.2, 0.25) is 11.8 Å². The Morgan fingerprint density at radius 3 is 2.62 bits per heavy atom. The van der Waals surface area contributed by atoms with Crippen molar-refractivity contribution in [3.63, 3.8) is 0 Å². The third-order valence-corrected chi connectivity index (χ3v) is 4.48. The lowest BCUT2D eigenvalue weighted by Crippen LogP contribution is -2.12. The third kappa shape index (κ3) is 4.16. The van der Waals surface area contributed by atoms with Crippen LogP contribution in [0.3, 0.4) is 0 Å². The average Bonchev–Trinajstić information content (AvgIpc) is 2.75. The number of hydrogen-bond acceptors (Lipinski definition) is 5. The SMILES string of the molecule is CNc1nccc(Oc2ccc3c(C(=O)Nc4ccc(C)cc4)cccc3c2)n1. The van der Waals surface area contributed by atoms with Gasteiger partial charge in [0.1, 0.15) is 5.75 Å². The molecule has 144 valence electrons. The second kappa shape index (κ2) is 7.98. The number of nitrogens with one attached hydrogen (secondary N) is 2. The second-order valence-corrected chi connectivity index (χ2v) is 6.58. The van der Waals surface area contributed by atoms with Crippen molar-refractivity contribution in [2.75, 3.05) is 17.7 Å². The number of ether oxygens (including phenoxy) is 1. The smallest absolute Gasteiger partial charge is 0.256 e. The predicted octanol–water partition coefficient (Wildman–Crippen LogP) is 5.02. The van der Waals surface area contributed by atoms with Gasteiger partial charge in [-0.25, -0.2) is 4.98 Å². The van der Waals surface area contributed by atoms with E-state index in [1.54, 1.807) is 19.3 Å². The first-order chi connectivity index (χ1) is 14.1. The molecule has 4 aromatic rings. The van der Waals surface area contributed by atoms with Crippen LogP contribution >= 0.6 is 0 Å². The summed E-state index contributed by atoms with van der Waals surface area (Å²) in [4.78, 5) is 21.1. The first kappa shape index (κ1) is 18.4. The van der Waals surface area contributed by atoms with Crippen molar-refractivity contribution < 1.29 is 9.53 Å². The molecule has 0 fully saturated rings. The molecule has 0 aliphatic rings. The summed E-state index contributed by atoms with van der Waals surface area (Å²) in [5, 5.41) is 7.58.